The predicted molar refractivity (Wildman–Crippen MR) is 69.9 cm³/mol. The first-order chi connectivity index (χ1) is 8.16. The van der Waals surface area contributed by atoms with Gasteiger partial charge >= 0.3 is 0 Å². The number of rotatable bonds is 5. The molecule has 0 aromatic carbocycles. The molecule has 0 aliphatic heterocycles. The number of thioether (sulfide) groups is 1. The summed E-state index contributed by atoms with van der Waals surface area (Å²) in [4.78, 5) is 4.53. The van der Waals surface area contributed by atoms with Crippen LogP contribution in [-0.2, 0) is 11.2 Å². The maximum atomic E-state index is 5.90. The molecule has 0 saturated heterocycles. The normalized spacial score (nSPS) is 19.1. The molecule has 0 unspecified atom stereocenters. The fourth-order valence-corrected chi connectivity index (χ4v) is 2.93. The third kappa shape index (κ3) is 2.83. The molecule has 1 aliphatic carbocycles. The summed E-state index contributed by atoms with van der Waals surface area (Å²) in [7, 11) is 0. The van der Waals surface area contributed by atoms with Crippen molar-refractivity contribution in [1.29, 1.82) is 0 Å². The predicted octanol–water partition coefficient (Wildman–Crippen LogP) is 2.48. The van der Waals surface area contributed by atoms with E-state index in [0.717, 1.165) is 30.3 Å². The van der Waals surface area contributed by atoms with Crippen LogP contribution in [-0.4, -0.2) is 21.9 Å². The summed E-state index contributed by atoms with van der Waals surface area (Å²) in [6.45, 7) is 4.96. The molecule has 2 rings (SSSR count). The van der Waals surface area contributed by atoms with E-state index < -0.39 is 0 Å². The molecule has 0 radical (unpaired) electrons. The first-order valence-corrected chi connectivity index (χ1v) is 7.36. The lowest BCUT2D eigenvalue weighted by molar-refractivity contribution is 0.283. The molecule has 1 fully saturated rings. The van der Waals surface area contributed by atoms with Crippen LogP contribution in [0.1, 0.15) is 51.2 Å². The molecule has 0 atom stereocenters. The zero-order chi connectivity index (χ0) is 12.3. The summed E-state index contributed by atoms with van der Waals surface area (Å²) >= 11 is 1.83. The molecule has 1 heterocycles. The van der Waals surface area contributed by atoms with E-state index in [-0.39, 0.29) is 5.41 Å². The van der Waals surface area contributed by atoms with Crippen LogP contribution in [0, 0.1) is 0 Å². The number of nitrogens with two attached hydrogens (primary N) is 1. The van der Waals surface area contributed by atoms with Gasteiger partial charge in [0, 0.05) is 6.54 Å². The van der Waals surface area contributed by atoms with E-state index in [2.05, 4.69) is 24.0 Å². The molecule has 5 heteroatoms. The molecule has 1 aliphatic rings. The fourth-order valence-electron chi connectivity index (χ4n) is 2.33. The van der Waals surface area contributed by atoms with Gasteiger partial charge in [0.2, 0.25) is 5.89 Å². The van der Waals surface area contributed by atoms with Gasteiger partial charge in [0.15, 0.2) is 5.82 Å². The van der Waals surface area contributed by atoms with Gasteiger partial charge in [-0.2, -0.15) is 16.7 Å². The van der Waals surface area contributed by atoms with Crippen LogP contribution in [0.5, 0.6) is 0 Å². The van der Waals surface area contributed by atoms with E-state index in [4.69, 9.17) is 10.3 Å². The second kappa shape index (κ2) is 5.40. The second-order valence-electron chi connectivity index (χ2n) is 5.07. The molecule has 96 valence electrons. The Balaban J connectivity index is 2.06. The maximum absolute atomic E-state index is 5.90. The molecule has 1 aromatic heterocycles. The van der Waals surface area contributed by atoms with Gasteiger partial charge < -0.3 is 10.3 Å². The zero-order valence-electron chi connectivity index (χ0n) is 10.6. The van der Waals surface area contributed by atoms with Crippen molar-refractivity contribution in [3.63, 3.8) is 0 Å². The number of nitrogens with zero attached hydrogens (tertiary/aromatic N) is 2. The van der Waals surface area contributed by atoms with Crippen LogP contribution in [0.4, 0.5) is 0 Å². The Labute approximate surface area is 107 Å². The van der Waals surface area contributed by atoms with E-state index in [1.807, 2.05) is 11.8 Å². The highest BCUT2D eigenvalue weighted by molar-refractivity contribution is 7.99. The Kier molecular flexibility index (Phi) is 4.09. The molecule has 0 spiro atoms. The lowest BCUT2D eigenvalue weighted by Crippen LogP contribution is -2.32. The van der Waals surface area contributed by atoms with E-state index in [0.29, 0.717) is 11.8 Å². The quantitative estimate of drug-likeness (QED) is 0.875. The summed E-state index contributed by atoms with van der Waals surface area (Å²) in [6.07, 6.45) is 4.61. The van der Waals surface area contributed by atoms with Crippen molar-refractivity contribution in [2.24, 2.45) is 5.73 Å². The Bertz CT molecular complexity index is 358. The van der Waals surface area contributed by atoms with Gasteiger partial charge in [0.05, 0.1) is 11.2 Å². The number of hydrogen-bond donors (Lipinski definition) is 1. The molecular weight excluding hydrogens is 234 g/mol. The first-order valence-electron chi connectivity index (χ1n) is 6.31. The average molecular weight is 255 g/mol. The highest BCUT2D eigenvalue weighted by Gasteiger charge is 2.39. The average Bonchev–Trinajstić information content (AvgIpc) is 2.96. The molecule has 1 saturated carbocycles. The summed E-state index contributed by atoms with van der Waals surface area (Å²) in [6, 6.07) is 0. The molecule has 4 nitrogen and oxygen atoms in total. The first kappa shape index (κ1) is 12.9. The van der Waals surface area contributed by atoms with Crippen LogP contribution in [0.2, 0.25) is 0 Å². The Morgan fingerprint density at radius 2 is 2.12 bits per heavy atom. The highest BCUT2D eigenvalue weighted by Crippen LogP contribution is 2.39. The van der Waals surface area contributed by atoms with Crippen molar-refractivity contribution in [2.75, 3.05) is 6.54 Å². The van der Waals surface area contributed by atoms with Crippen molar-refractivity contribution < 1.29 is 4.52 Å². The van der Waals surface area contributed by atoms with Crippen molar-refractivity contribution in [3.05, 3.63) is 11.7 Å². The molecule has 0 bridgehead atoms. The van der Waals surface area contributed by atoms with Crippen LogP contribution in [0.25, 0.3) is 0 Å². The van der Waals surface area contributed by atoms with Crippen molar-refractivity contribution in [1.82, 2.24) is 10.1 Å². The van der Waals surface area contributed by atoms with Gasteiger partial charge in [0.25, 0.3) is 0 Å². The lowest BCUT2D eigenvalue weighted by Gasteiger charge is -2.21. The third-order valence-electron chi connectivity index (χ3n) is 3.42. The largest absolute Gasteiger partial charge is 0.339 e. The molecule has 0 amide bonds. The summed E-state index contributed by atoms with van der Waals surface area (Å²) in [5, 5.41) is 4.65. The number of hydrogen-bond acceptors (Lipinski definition) is 5. The van der Waals surface area contributed by atoms with Gasteiger partial charge in [-0.05, 0) is 18.1 Å². The van der Waals surface area contributed by atoms with E-state index in [9.17, 15) is 0 Å². The van der Waals surface area contributed by atoms with Gasteiger partial charge in [-0.3, -0.25) is 0 Å². The SMILES string of the molecule is CC(C)SCc1noc(C2(CN)CCCC2)n1. The highest BCUT2D eigenvalue weighted by atomic mass is 32.2. The smallest absolute Gasteiger partial charge is 0.234 e. The second-order valence-corrected chi connectivity index (χ2v) is 6.63. The van der Waals surface area contributed by atoms with Crippen LogP contribution in [0.15, 0.2) is 4.52 Å². The Morgan fingerprint density at radius 3 is 2.71 bits per heavy atom. The summed E-state index contributed by atoms with van der Waals surface area (Å²) in [5.41, 5.74) is 5.87. The fraction of sp³-hybridized carbons (Fsp3) is 0.833. The lowest BCUT2D eigenvalue weighted by atomic mass is 9.86. The van der Waals surface area contributed by atoms with Crippen molar-refractivity contribution in [3.8, 4) is 0 Å². The topological polar surface area (TPSA) is 64.9 Å². The Morgan fingerprint density at radius 1 is 1.41 bits per heavy atom. The van der Waals surface area contributed by atoms with Gasteiger partial charge in [-0.15, -0.1) is 0 Å². The molecule has 2 N–H and O–H groups in total. The van der Waals surface area contributed by atoms with Crippen molar-refractivity contribution in [2.45, 2.75) is 55.9 Å². The Hall–Kier alpha value is -0.550. The minimum Gasteiger partial charge on any atom is -0.339 e. The van der Waals surface area contributed by atoms with Crippen LogP contribution in [0.3, 0.4) is 0 Å². The van der Waals surface area contributed by atoms with E-state index in [1.54, 1.807) is 0 Å². The number of aromatic nitrogens is 2. The third-order valence-corrected chi connectivity index (χ3v) is 4.51. The van der Waals surface area contributed by atoms with Gasteiger partial charge in [-0.1, -0.05) is 31.8 Å². The van der Waals surface area contributed by atoms with Gasteiger partial charge in [0.1, 0.15) is 0 Å². The molecule has 1 aromatic rings. The van der Waals surface area contributed by atoms with Crippen LogP contribution < -0.4 is 5.73 Å². The van der Waals surface area contributed by atoms with Crippen LogP contribution >= 0.6 is 11.8 Å². The summed E-state index contributed by atoms with van der Waals surface area (Å²) < 4.78 is 5.42. The maximum Gasteiger partial charge on any atom is 0.234 e. The van der Waals surface area contributed by atoms with Gasteiger partial charge in [-0.25, -0.2) is 0 Å². The molecule has 17 heavy (non-hydrogen) atoms. The minimum atomic E-state index is -0.0340. The molecular formula is C12H21N3OS. The van der Waals surface area contributed by atoms with E-state index >= 15 is 0 Å². The standard InChI is InChI=1S/C12H21N3OS/c1-9(2)17-7-10-14-11(16-15-10)12(8-13)5-3-4-6-12/h9H,3-8,13H2,1-2H3. The monoisotopic (exact) mass is 255 g/mol. The summed E-state index contributed by atoms with van der Waals surface area (Å²) in [5.74, 6) is 2.39. The van der Waals surface area contributed by atoms with Crippen molar-refractivity contribution >= 4 is 11.8 Å². The zero-order valence-corrected chi connectivity index (χ0v) is 11.4. The minimum absolute atomic E-state index is 0.0340. The van der Waals surface area contributed by atoms with E-state index in [1.165, 1.54) is 12.8 Å².